The monoisotopic (exact) mass is 437 g/mol. The molecule has 30 heavy (non-hydrogen) atoms. The van der Waals surface area contributed by atoms with Crippen LogP contribution in [0.25, 0.3) is 11.4 Å². The Bertz CT molecular complexity index is 1090. The van der Waals surface area contributed by atoms with Crippen molar-refractivity contribution in [2.45, 2.75) is 31.6 Å². The Hall–Kier alpha value is -2.54. The average molecular weight is 438 g/mol. The summed E-state index contributed by atoms with van der Waals surface area (Å²) in [5, 5.41) is 13.7. The van der Waals surface area contributed by atoms with Crippen LogP contribution in [0.4, 0.5) is 10.9 Å². The lowest BCUT2D eigenvalue weighted by atomic mass is 9.84. The summed E-state index contributed by atoms with van der Waals surface area (Å²) in [7, 11) is 0. The Kier molecular flexibility index (Phi) is 5.37. The van der Waals surface area contributed by atoms with E-state index in [2.05, 4.69) is 27.3 Å². The lowest BCUT2D eigenvalue weighted by molar-refractivity contribution is 0.631. The SMILES string of the molecule is N#Cc1c(N)sc2c1C(c1cc(-c3ccnc(N4CCCNCC4)n3)ns1)CCC2. The average Bonchev–Trinajstić information content (AvgIpc) is 3.28. The zero-order valence-electron chi connectivity index (χ0n) is 16.6. The van der Waals surface area contributed by atoms with Crippen LogP contribution in [0.3, 0.4) is 0 Å². The molecule has 0 bridgehead atoms. The maximum Gasteiger partial charge on any atom is 0.225 e. The van der Waals surface area contributed by atoms with Gasteiger partial charge in [0.05, 0.1) is 11.3 Å². The molecule has 1 unspecified atom stereocenters. The highest BCUT2D eigenvalue weighted by atomic mass is 32.1. The van der Waals surface area contributed by atoms with Gasteiger partial charge in [-0.15, -0.1) is 11.3 Å². The van der Waals surface area contributed by atoms with Crippen molar-refractivity contribution in [2.75, 3.05) is 36.8 Å². The van der Waals surface area contributed by atoms with Gasteiger partial charge in [-0.1, -0.05) is 0 Å². The van der Waals surface area contributed by atoms with E-state index in [4.69, 9.17) is 15.1 Å². The Morgan fingerprint density at radius 1 is 1.23 bits per heavy atom. The predicted octanol–water partition coefficient (Wildman–Crippen LogP) is 3.38. The predicted molar refractivity (Wildman–Crippen MR) is 121 cm³/mol. The third-order valence-electron chi connectivity index (χ3n) is 5.81. The number of nitrogens with one attached hydrogen (secondary N) is 1. The van der Waals surface area contributed by atoms with E-state index in [9.17, 15) is 5.26 Å². The second kappa shape index (κ2) is 8.30. The first-order chi connectivity index (χ1) is 14.7. The summed E-state index contributed by atoms with van der Waals surface area (Å²) in [4.78, 5) is 14.0. The lowest BCUT2D eigenvalue weighted by Gasteiger charge is -2.21. The fraction of sp³-hybridized carbons (Fsp3) is 0.429. The Morgan fingerprint density at radius 2 is 2.17 bits per heavy atom. The molecule has 0 aromatic carbocycles. The molecular formula is C21H23N7S2. The molecule has 0 saturated carbocycles. The third-order valence-corrected chi connectivity index (χ3v) is 7.80. The number of nitrogens with zero attached hydrogens (tertiary/aromatic N) is 5. The molecule has 1 fully saturated rings. The summed E-state index contributed by atoms with van der Waals surface area (Å²) in [5.74, 6) is 0.962. The van der Waals surface area contributed by atoms with Crippen LogP contribution in [-0.4, -0.2) is 40.5 Å². The van der Waals surface area contributed by atoms with Crippen LogP contribution < -0.4 is 16.0 Å². The van der Waals surface area contributed by atoms with Gasteiger partial charge in [0.25, 0.3) is 0 Å². The molecule has 1 aliphatic carbocycles. The van der Waals surface area contributed by atoms with Crippen LogP contribution >= 0.6 is 22.9 Å². The first-order valence-corrected chi connectivity index (χ1v) is 11.9. The van der Waals surface area contributed by atoms with Crippen molar-refractivity contribution in [3.8, 4) is 17.5 Å². The number of nitriles is 1. The Labute approximate surface area is 183 Å². The minimum atomic E-state index is 0.196. The smallest absolute Gasteiger partial charge is 0.225 e. The number of hydrogen-bond acceptors (Lipinski definition) is 9. The van der Waals surface area contributed by atoms with Crippen LogP contribution in [0.15, 0.2) is 18.3 Å². The molecule has 3 N–H and O–H groups in total. The highest BCUT2D eigenvalue weighted by Crippen LogP contribution is 2.46. The van der Waals surface area contributed by atoms with Gasteiger partial charge in [0.15, 0.2) is 0 Å². The molecule has 5 rings (SSSR count). The van der Waals surface area contributed by atoms with Crippen molar-refractivity contribution in [3.63, 3.8) is 0 Å². The van der Waals surface area contributed by atoms with E-state index in [1.807, 2.05) is 12.3 Å². The Morgan fingerprint density at radius 3 is 3.07 bits per heavy atom. The molecule has 0 amide bonds. The topological polar surface area (TPSA) is 104 Å². The number of rotatable bonds is 3. The van der Waals surface area contributed by atoms with Gasteiger partial charge in [-0.3, -0.25) is 0 Å². The number of nitrogen functional groups attached to an aromatic ring is 1. The van der Waals surface area contributed by atoms with E-state index < -0.39 is 0 Å². The summed E-state index contributed by atoms with van der Waals surface area (Å²) in [6, 6.07) is 6.39. The van der Waals surface area contributed by atoms with Crippen molar-refractivity contribution in [1.29, 1.82) is 5.26 Å². The summed E-state index contributed by atoms with van der Waals surface area (Å²) >= 11 is 3.08. The third kappa shape index (κ3) is 3.55. The standard InChI is InChI=1S/C21H23N7S2/c22-12-14-19-13(3-1-4-17(19)29-20(14)23)18-11-16(27-30-18)15-5-7-25-21(26-15)28-9-2-6-24-8-10-28/h5,7,11,13,24H,1-4,6,8-10,23H2. The van der Waals surface area contributed by atoms with E-state index in [1.54, 1.807) is 11.3 Å². The Balaban J connectivity index is 1.45. The van der Waals surface area contributed by atoms with Gasteiger partial charge in [-0.25, -0.2) is 9.97 Å². The number of anilines is 2. The summed E-state index contributed by atoms with van der Waals surface area (Å²) in [5.41, 5.74) is 9.64. The zero-order valence-corrected chi connectivity index (χ0v) is 18.2. The summed E-state index contributed by atoms with van der Waals surface area (Å²) in [6.07, 6.45) is 6.05. The maximum atomic E-state index is 9.62. The highest BCUT2D eigenvalue weighted by molar-refractivity contribution is 7.16. The molecule has 0 radical (unpaired) electrons. The molecule has 154 valence electrons. The van der Waals surface area contributed by atoms with Gasteiger partial charge in [0.1, 0.15) is 16.8 Å². The lowest BCUT2D eigenvalue weighted by Crippen LogP contribution is -2.29. The summed E-state index contributed by atoms with van der Waals surface area (Å²) < 4.78 is 4.71. The van der Waals surface area contributed by atoms with E-state index in [1.165, 1.54) is 21.3 Å². The minimum Gasteiger partial charge on any atom is -0.389 e. The van der Waals surface area contributed by atoms with E-state index in [-0.39, 0.29) is 5.92 Å². The second-order valence-electron chi connectivity index (χ2n) is 7.68. The molecule has 9 heteroatoms. The first-order valence-electron chi connectivity index (χ1n) is 10.3. The van der Waals surface area contributed by atoms with Crippen LogP contribution in [0.1, 0.15) is 46.1 Å². The molecule has 1 saturated heterocycles. The maximum absolute atomic E-state index is 9.62. The second-order valence-corrected chi connectivity index (χ2v) is 9.66. The van der Waals surface area contributed by atoms with Crippen LogP contribution in [0, 0.1) is 11.3 Å². The van der Waals surface area contributed by atoms with Crippen molar-refractivity contribution < 1.29 is 0 Å². The molecule has 1 atom stereocenters. The first kappa shape index (κ1) is 19.4. The summed E-state index contributed by atoms with van der Waals surface area (Å²) in [6.45, 7) is 3.85. The normalized spacial score (nSPS) is 19.2. The van der Waals surface area contributed by atoms with E-state index in [0.717, 1.165) is 74.8 Å². The molecule has 7 nitrogen and oxygen atoms in total. The van der Waals surface area contributed by atoms with Gasteiger partial charge in [-0.05, 0) is 61.5 Å². The number of fused-ring (bicyclic) bond motifs is 1. The number of aromatic nitrogens is 3. The largest absolute Gasteiger partial charge is 0.389 e. The minimum absolute atomic E-state index is 0.196. The fourth-order valence-corrected chi connectivity index (χ4v) is 6.34. The van der Waals surface area contributed by atoms with Crippen LogP contribution in [0.2, 0.25) is 0 Å². The van der Waals surface area contributed by atoms with E-state index >= 15 is 0 Å². The van der Waals surface area contributed by atoms with Gasteiger partial charge < -0.3 is 16.0 Å². The van der Waals surface area contributed by atoms with Crippen LogP contribution in [0.5, 0.6) is 0 Å². The molecule has 2 aliphatic rings. The molecule has 4 heterocycles. The number of hydrogen-bond donors (Lipinski definition) is 2. The van der Waals surface area contributed by atoms with Gasteiger partial charge in [-0.2, -0.15) is 9.64 Å². The highest BCUT2D eigenvalue weighted by Gasteiger charge is 2.30. The number of aryl methyl sites for hydroxylation is 1. The number of thiophene rings is 1. The quantitative estimate of drug-likeness (QED) is 0.647. The zero-order chi connectivity index (χ0) is 20.5. The van der Waals surface area contributed by atoms with Gasteiger partial charge in [0, 0.05) is 41.5 Å². The van der Waals surface area contributed by atoms with Crippen molar-refractivity contribution >= 4 is 33.8 Å². The number of nitrogens with two attached hydrogens (primary N) is 1. The molecule has 3 aromatic rings. The van der Waals surface area contributed by atoms with Crippen molar-refractivity contribution in [1.82, 2.24) is 19.7 Å². The molecular weight excluding hydrogens is 414 g/mol. The van der Waals surface area contributed by atoms with E-state index in [0.29, 0.717) is 10.6 Å². The molecule has 1 aliphatic heterocycles. The molecule has 3 aromatic heterocycles. The van der Waals surface area contributed by atoms with Crippen LogP contribution in [-0.2, 0) is 6.42 Å². The molecule has 0 spiro atoms. The van der Waals surface area contributed by atoms with Gasteiger partial charge >= 0.3 is 0 Å². The van der Waals surface area contributed by atoms with Crippen molar-refractivity contribution in [2.24, 2.45) is 0 Å². The van der Waals surface area contributed by atoms with Crippen molar-refractivity contribution in [3.05, 3.63) is 39.2 Å². The fourth-order valence-electron chi connectivity index (χ4n) is 4.34. The van der Waals surface area contributed by atoms with Gasteiger partial charge in [0.2, 0.25) is 5.95 Å².